The normalized spacial score (nSPS) is 21.4. The molecule has 0 spiro atoms. The van der Waals surface area contributed by atoms with Crippen molar-refractivity contribution in [2.45, 2.75) is 64.0 Å². The van der Waals surface area contributed by atoms with Crippen molar-refractivity contribution in [3.63, 3.8) is 0 Å². The Morgan fingerprint density at radius 3 is 2.55 bits per heavy atom. The Hall–Kier alpha value is -1.55. The Labute approximate surface area is 132 Å². The molecule has 1 saturated carbocycles. The first kappa shape index (κ1) is 16.8. The second kappa shape index (κ2) is 8.79. The number of aliphatic hydroxyl groups is 1. The molecule has 4 nitrogen and oxygen atoms in total. The quantitative estimate of drug-likeness (QED) is 0.814. The number of carbonyl (C=O) groups is 1. The number of rotatable bonds is 7. The van der Waals surface area contributed by atoms with E-state index in [0.29, 0.717) is 6.42 Å². The lowest BCUT2D eigenvalue weighted by Gasteiger charge is -2.26. The molecule has 0 saturated heterocycles. The SMILES string of the molecule is CCCOc1ccc(CCC(=O)NC2CCC(O)CC2)cc1. The van der Waals surface area contributed by atoms with Crippen molar-refractivity contribution in [3.05, 3.63) is 29.8 Å². The number of benzene rings is 1. The van der Waals surface area contributed by atoms with E-state index >= 15 is 0 Å². The van der Waals surface area contributed by atoms with Gasteiger partial charge in [0.15, 0.2) is 0 Å². The molecule has 1 aliphatic rings. The molecule has 0 radical (unpaired) electrons. The molecule has 22 heavy (non-hydrogen) atoms. The van der Waals surface area contributed by atoms with Gasteiger partial charge in [0.1, 0.15) is 5.75 Å². The molecule has 0 heterocycles. The van der Waals surface area contributed by atoms with Gasteiger partial charge in [0.2, 0.25) is 5.91 Å². The first-order valence-corrected chi connectivity index (χ1v) is 8.36. The van der Waals surface area contributed by atoms with Crippen molar-refractivity contribution < 1.29 is 14.6 Å². The molecule has 122 valence electrons. The van der Waals surface area contributed by atoms with Crippen LogP contribution in [-0.4, -0.2) is 29.8 Å². The van der Waals surface area contributed by atoms with Gasteiger partial charge in [-0.2, -0.15) is 0 Å². The minimum absolute atomic E-state index is 0.104. The summed E-state index contributed by atoms with van der Waals surface area (Å²) < 4.78 is 5.55. The maximum absolute atomic E-state index is 12.0. The molecule has 0 aliphatic heterocycles. The van der Waals surface area contributed by atoms with Crippen LogP contribution in [0.5, 0.6) is 5.75 Å². The average Bonchev–Trinajstić information content (AvgIpc) is 2.54. The number of nitrogens with one attached hydrogen (secondary N) is 1. The minimum Gasteiger partial charge on any atom is -0.494 e. The van der Waals surface area contributed by atoms with Crippen molar-refractivity contribution in [1.29, 1.82) is 0 Å². The fourth-order valence-electron chi connectivity index (χ4n) is 2.75. The minimum atomic E-state index is -0.179. The zero-order chi connectivity index (χ0) is 15.8. The first-order chi connectivity index (χ1) is 10.7. The van der Waals surface area contributed by atoms with E-state index in [1.165, 1.54) is 0 Å². The Balaban J connectivity index is 1.69. The van der Waals surface area contributed by atoms with E-state index in [9.17, 15) is 9.90 Å². The summed E-state index contributed by atoms with van der Waals surface area (Å²) in [6, 6.07) is 8.21. The molecule has 1 aliphatic carbocycles. The highest BCUT2D eigenvalue weighted by atomic mass is 16.5. The lowest BCUT2D eigenvalue weighted by Crippen LogP contribution is -2.38. The first-order valence-electron chi connectivity index (χ1n) is 8.36. The summed E-state index contributed by atoms with van der Waals surface area (Å²) in [6.45, 7) is 2.82. The molecule has 0 aromatic heterocycles. The lowest BCUT2D eigenvalue weighted by atomic mass is 9.93. The fourth-order valence-corrected chi connectivity index (χ4v) is 2.75. The van der Waals surface area contributed by atoms with E-state index in [-0.39, 0.29) is 18.1 Å². The third kappa shape index (κ3) is 5.68. The summed E-state index contributed by atoms with van der Waals surface area (Å²) in [5.41, 5.74) is 1.15. The van der Waals surface area contributed by atoms with Crippen molar-refractivity contribution in [1.82, 2.24) is 5.32 Å². The Morgan fingerprint density at radius 2 is 1.91 bits per heavy atom. The van der Waals surface area contributed by atoms with E-state index in [1.54, 1.807) is 0 Å². The zero-order valence-electron chi connectivity index (χ0n) is 13.4. The van der Waals surface area contributed by atoms with Gasteiger partial charge in [-0.15, -0.1) is 0 Å². The second-order valence-electron chi connectivity index (χ2n) is 6.07. The van der Waals surface area contributed by atoms with Crippen LogP contribution >= 0.6 is 0 Å². The van der Waals surface area contributed by atoms with Crippen LogP contribution in [0.3, 0.4) is 0 Å². The number of hydrogen-bond donors (Lipinski definition) is 2. The smallest absolute Gasteiger partial charge is 0.220 e. The van der Waals surface area contributed by atoms with E-state index < -0.39 is 0 Å². The second-order valence-corrected chi connectivity index (χ2v) is 6.07. The van der Waals surface area contributed by atoms with E-state index in [0.717, 1.165) is 56.4 Å². The van der Waals surface area contributed by atoms with Gasteiger partial charge in [-0.3, -0.25) is 4.79 Å². The van der Waals surface area contributed by atoms with Crippen LogP contribution in [0.25, 0.3) is 0 Å². The maximum atomic E-state index is 12.0. The van der Waals surface area contributed by atoms with Gasteiger partial charge in [-0.05, 0) is 56.2 Å². The Kier molecular flexibility index (Phi) is 6.72. The molecule has 1 amide bonds. The van der Waals surface area contributed by atoms with Gasteiger partial charge in [-0.1, -0.05) is 19.1 Å². The van der Waals surface area contributed by atoms with Crippen LogP contribution in [0, 0.1) is 0 Å². The van der Waals surface area contributed by atoms with Crippen molar-refractivity contribution in [2.75, 3.05) is 6.61 Å². The standard InChI is InChI=1S/C18H27NO3/c1-2-13-22-17-10-3-14(4-11-17)5-12-18(21)19-15-6-8-16(20)9-7-15/h3-4,10-11,15-16,20H,2,5-9,12-13H2,1H3,(H,19,21). The van der Waals surface area contributed by atoms with E-state index in [1.807, 2.05) is 24.3 Å². The predicted molar refractivity (Wildman–Crippen MR) is 87.0 cm³/mol. The van der Waals surface area contributed by atoms with E-state index in [4.69, 9.17) is 4.74 Å². The van der Waals surface area contributed by atoms with Crippen LogP contribution in [-0.2, 0) is 11.2 Å². The summed E-state index contributed by atoms with van der Waals surface area (Å²) in [5.74, 6) is 0.989. The van der Waals surface area contributed by atoms with E-state index in [2.05, 4.69) is 12.2 Å². The highest BCUT2D eigenvalue weighted by Gasteiger charge is 2.20. The third-order valence-electron chi connectivity index (χ3n) is 4.10. The lowest BCUT2D eigenvalue weighted by molar-refractivity contribution is -0.122. The molecule has 2 rings (SSSR count). The number of hydrogen-bond acceptors (Lipinski definition) is 3. The summed E-state index contributed by atoms with van der Waals surface area (Å²) in [7, 11) is 0. The van der Waals surface area contributed by atoms with Crippen LogP contribution in [0.15, 0.2) is 24.3 Å². The number of aliphatic hydroxyl groups excluding tert-OH is 1. The van der Waals surface area contributed by atoms with Crippen LogP contribution < -0.4 is 10.1 Å². The van der Waals surface area contributed by atoms with Gasteiger partial charge in [0.05, 0.1) is 12.7 Å². The molecule has 1 aromatic rings. The number of ether oxygens (including phenoxy) is 1. The third-order valence-corrected chi connectivity index (χ3v) is 4.10. The summed E-state index contributed by atoms with van der Waals surface area (Å²) in [5, 5.41) is 12.5. The fraction of sp³-hybridized carbons (Fsp3) is 0.611. The number of aryl methyl sites for hydroxylation is 1. The Bertz CT molecular complexity index is 450. The van der Waals surface area contributed by atoms with Gasteiger partial charge in [0, 0.05) is 12.5 Å². The number of carbonyl (C=O) groups excluding carboxylic acids is 1. The Morgan fingerprint density at radius 1 is 1.23 bits per heavy atom. The topological polar surface area (TPSA) is 58.6 Å². The summed E-state index contributed by atoms with van der Waals surface area (Å²) >= 11 is 0. The van der Waals surface area contributed by atoms with Crippen LogP contribution in [0.4, 0.5) is 0 Å². The molecule has 1 aromatic carbocycles. The van der Waals surface area contributed by atoms with Crippen molar-refractivity contribution in [3.8, 4) is 5.75 Å². The van der Waals surface area contributed by atoms with Gasteiger partial charge < -0.3 is 15.2 Å². The molecule has 1 fully saturated rings. The average molecular weight is 305 g/mol. The molecule has 4 heteroatoms. The summed E-state index contributed by atoms with van der Waals surface area (Å²) in [4.78, 5) is 12.0. The molecular formula is C18H27NO3. The predicted octanol–water partition coefficient (Wildman–Crippen LogP) is 2.83. The molecule has 0 unspecified atom stereocenters. The van der Waals surface area contributed by atoms with Gasteiger partial charge in [-0.25, -0.2) is 0 Å². The number of amides is 1. The molecule has 2 N–H and O–H groups in total. The van der Waals surface area contributed by atoms with Crippen LogP contribution in [0.1, 0.15) is 51.0 Å². The zero-order valence-corrected chi connectivity index (χ0v) is 13.4. The maximum Gasteiger partial charge on any atom is 0.220 e. The molecule has 0 atom stereocenters. The largest absolute Gasteiger partial charge is 0.494 e. The highest BCUT2D eigenvalue weighted by Crippen LogP contribution is 2.18. The highest BCUT2D eigenvalue weighted by molar-refractivity contribution is 5.76. The summed E-state index contributed by atoms with van der Waals surface area (Å²) in [6.07, 6.45) is 5.44. The monoisotopic (exact) mass is 305 g/mol. The molecule has 0 bridgehead atoms. The van der Waals surface area contributed by atoms with Gasteiger partial charge >= 0.3 is 0 Å². The van der Waals surface area contributed by atoms with Gasteiger partial charge in [0.25, 0.3) is 0 Å². The molecular weight excluding hydrogens is 278 g/mol. The van der Waals surface area contributed by atoms with Crippen molar-refractivity contribution >= 4 is 5.91 Å². The van der Waals surface area contributed by atoms with Crippen molar-refractivity contribution in [2.24, 2.45) is 0 Å². The van der Waals surface area contributed by atoms with Crippen LogP contribution in [0.2, 0.25) is 0 Å².